The van der Waals surface area contributed by atoms with Gasteiger partial charge < -0.3 is 15.5 Å². The number of piperazine rings is 1. The monoisotopic (exact) mass is 384 g/mol. The van der Waals surface area contributed by atoms with Gasteiger partial charge in [0, 0.05) is 43.1 Å². The summed E-state index contributed by atoms with van der Waals surface area (Å²) in [5.41, 5.74) is 0.642. The van der Waals surface area contributed by atoms with Crippen LogP contribution < -0.4 is 10.6 Å². The van der Waals surface area contributed by atoms with Gasteiger partial charge in [0.05, 0.1) is 11.6 Å². The molecule has 2 aromatic rings. The molecule has 2 N–H and O–H groups in total. The number of nitrogens with one attached hydrogen (secondary N) is 2. The first-order valence-corrected chi connectivity index (χ1v) is 9.30. The molecule has 0 radical (unpaired) electrons. The van der Waals surface area contributed by atoms with Gasteiger partial charge in [-0.15, -0.1) is 0 Å². The number of hydrogen-bond acceptors (Lipinski definition) is 4. The molecule has 1 atom stereocenters. The first-order valence-electron chi connectivity index (χ1n) is 9.30. The van der Waals surface area contributed by atoms with Crippen molar-refractivity contribution in [2.24, 2.45) is 5.41 Å². The van der Waals surface area contributed by atoms with Crippen LogP contribution in [0, 0.1) is 11.2 Å². The first kappa shape index (κ1) is 19.9. The molecule has 6 nitrogen and oxygen atoms in total. The van der Waals surface area contributed by atoms with Crippen molar-refractivity contribution >= 4 is 17.5 Å². The predicted molar refractivity (Wildman–Crippen MR) is 105 cm³/mol. The minimum atomic E-state index is -0.609. The van der Waals surface area contributed by atoms with Gasteiger partial charge in [-0.2, -0.15) is 0 Å². The van der Waals surface area contributed by atoms with Gasteiger partial charge in [-0.05, 0) is 29.8 Å². The molecule has 3 rings (SSSR count). The van der Waals surface area contributed by atoms with Crippen molar-refractivity contribution in [1.82, 2.24) is 15.2 Å². The Labute approximate surface area is 164 Å². The quantitative estimate of drug-likeness (QED) is 0.853. The summed E-state index contributed by atoms with van der Waals surface area (Å²) in [5.74, 6) is -1.21. The molecule has 2 heterocycles. The van der Waals surface area contributed by atoms with Crippen molar-refractivity contribution in [1.29, 1.82) is 0 Å². The van der Waals surface area contributed by atoms with Crippen LogP contribution >= 0.6 is 0 Å². The van der Waals surface area contributed by atoms with E-state index in [1.807, 2.05) is 12.1 Å². The van der Waals surface area contributed by atoms with E-state index in [9.17, 15) is 14.0 Å². The summed E-state index contributed by atoms with van der Waals surface area (Å²) in [5, 5.41) is 6.02. The smallest absolute Gasteiger partial charge is 0.257 e. The first-order chi connectivity index (χ1) is 13.3. The highest BCUT2D eigenvalue weighted by molar-refractivity contribution is 5.98. The number of anilines is 1. The highest BCUT2D eigenvalue weighted by Crippen LogP contribution is 2.26. The average molecular weight is 384 g/mol. The van der Waals surface area contributed by atoms with Gasteiger partial charge in [0.2, 0.25) is 5.91 Å². The van der Waals surface area contributed by atoms with Gasteiger partial charge in [0.25, 0.3) is 5.91 Å². The van der Waals surface area contributed by atoms with Crippen LogP contribution in [-0.4, -0.2) is 41.3 Å². The Hall–Kier alpha value is -2.80. The Balaban J connectivity index is 1.88. The van der Waals surface area contributed by atoms with Crippen LogP contribution in [0.1, 0.15) is 42.7 Å². The number of amides is 2. The van der Waals surface area contributed by atoms with Crippen LogP contribution in [0.5, 0.6) is 0 Å². The molecule has 0 aliphatic carbocycles. The topological polar surface area (TPSA) is 74.3 Å². The molecule has 0 bridgehead atoms. The molecule has 1 aliphatic heterocycles. The van der Waals surface area contributed by atoms with E-state index in [1.54, 1.807) is 38.1 Å². The van der Waals surface area contributed by atoms with E-state index in [4.69, 9.17) is 0 Å². The van der Waals surface area contributed by atoms with Gasteiger partial charge in [-0.1, -0.05) is 26.8 Å². The molecule has 1 aromatic heterocycles. The maximum Gasteiger partial charge on any atom is 0.257 e. The second-order valence-electron chi connectivity index (χ2n) is 7.90. The largest absolute Gasteiger partial charge is 0.329 e. The molecular formula is C21H25FN4O2. The van der Waals surface area contributed by atoms with E-state index in [2.05, 4.69) is 15.6 Å². The zero-order valence-corrected chi connectivity index (χ0v) is 16.3. The highest BCUT2D eigenvalue weighted by Gasteiger charge is 2.30. The summed E-state index contributed by atoms with van der Waals surface area (Å²) in [7, 11) is 0. The Morgan fingerprint density at radius 2 is 2.07 bits per heavy atom. The number of carbonyl (C=O) groups excluding carboxylic acids is 2. The summed E-state index contributed by atoms with van der Waals surface area (Å²) in [6.07, 6.45) is 3.39. The lowest BCUT2D eigenvalue weighted by Crippen LogP contribution is -2.48. The van der Waals surface area contributed by atoms with Crippen molar-refractivity contribution in [3.8, 4) is 0 Å². The lowest BCUT2D eigenvalue weighted by atomic mass is 9.95. The van der Waals surface area contributed by atoms with E-state index in [1.165, 1.54) is 18.2 Å². The number of halogens is 1. The Morgan fingerprint density at radius 1 is 1.29 bits per heavy atom. The van der Waals surface area contributed by atoms with Gasteiger partial charge in [-0.3, -0.25) is 14.6 Å². The Morgan fingerprint density at radius 3 is 2.75 bits per heavy atom. The fourth-order valence-electron chi connectivity index (χ4n) is 3.06. The van der Waals surface area contributed by atoms with Crippen LogP contribution in [0.2, 0.25) is 0 Å². The van der Waals surface area contributed by atoms with E-state index in [0.717, 1.165) is 5.56 Å². The molecule has 2 amide bonds. The molecule has 1 saturated heterocycles. The number of pyridine rings is 1. The highest BCUT2D eigenvalue weighted by atomic mass is 19.1. The van der Waals surface area contributed by atoms with Crippen molar-refractivity contribution in [2.45, 2.75) is 26.8 Å². The van der Waals surface area contributed by atoms with E-state index in [-0.39, 0.29) is 17.5 Å². The zero-order valence-electron chi connectivity index (χ0n) is 16.3. The second kappa shape index (κ2) is 8.06. The minimum absolute atomic E-state index is 0.0532. The van der Waals surface area contributed by atoms with Crippen molar-refractivity contribution in [3.63, 3.8) is 0 Å². The Kier molecular flexibility index (Phi) is 5.74. The normalized spacial score (nSPS) is 17.3. The maximum absolute atomic E-state index is 14.5. The van der Waals surface area contributed by atoms with Gasteiger partial charge in [0.1, 0.15) is 5.82 Å². The van der Waals surface area contributed by atoms with Crippen molar-refractivity contribution in [3.05, 3.63) is 59.7 Å². The SMILES string of the molecule is CC(C)(C)C(=O)Nc1ccc(F)c(C(=O)N2CCNCC2c2cccnc2)c1. The summed E-state index contributed by atoms with van der Waals surface area (Å²) in [4.78, 5) is 31.2. The molecule has 1 aliphatic rings. The second-order valence-corrected chi connectivity index (χ2v) is 7.90. The van der Waals surface area contributed by atoms with Gasteiger partial charge >= 0.3 is 0 Å². The molecule has 1 aromatic carbocycles. The van der Waals surface area contributed by atoms with Crippen molar-refractivity contribution < 1.29 is 14.0 Å². The van der Waals surface area contributed by atoms with Gasteiger partial charge in [0.15, 0.2) is 0 Å². The van der Waals surface area contributed by atoms with E-state index >= 15 is 0 Å². The summed E-state index contributed by atoms with van der Waals surface area (Å²) in [6, 6.07) is 7.57. The molecule has 7 heteroatoms. The van der Waals surface area contributed by atoms with Gasteiger partial charge in [-0.25, -0.2) is 4.39 Å². The molecule has 28 heavy (non-hydrogen) atoms. The predicted octanol–water partition coefficient (Wildman–Crippen LogP) is 2.99. The summed E-state index contributed by atoms with van der Waals surface area (Å²) >= 11 is 0. The fourth-order valence-corrected chi connectivity index (χ4v) is 3.06. The molecule has 0 saturated carbocycles. The number of hydrogen-bond donors (Lipinski definition) is 2. The van der Waals surface area contributed by atoms with Crippen molar-refractivity contribution in [2.75, 3.05) is 25.0 Å². The Bertz CT molecular complexity index is 864. The average Bonchev–Trinajstić information content (AvgIpc) is 2.69. The number of aromatic nitrogens is 1. The van der Waals surface area contributed by atoms with Crippen LogP contribution in [0.25, 0.3) is 0 Å². The van der Waals surface area contributed by atoms with Crippen LogP contribution in [0.3, 0.4) is 0 Å². The maximum atomic E-state index is 14.5. The number of nitrogens with zero attached hydrogens (tertiary/aromatic N) is 2. The number of carbonyl (C=O) groups is 2. The van der Waals surface area contributed by atoms with E-state index in [0.29, 0.717) is 25.3 Å². The van der Waals surface area contributed by atoms with Crippen LogP contribution in [0.15, 0.2) is 42.7 Å². The standard InChI is InChI=1S/C21H25FN4O2/c1-21(2,3)20(28)25-15-6-7-17(22)16(11-15)19(27)26-10-9-24-13-18(26)14-5-4-8-23-12-14/h4-8,11-12,18,24H,9-10,13H2,1-3H3,(H,25,28). The summed E-state index contributed by atoms with van der Waals surface area (Å²) in [6.45, 7) is 7.02. The number of rotatable bonds is 3. The lowest BCUT2D eigenvalue weighted by Gasteiger charge is -2.36. The summed E-state index contributed by atoms with van der Waals surface area (Å²) < 4.78 is 14.5. The third-order valence-corrected chi connectivity index (χ3v) is 4.71. The number of benzene rings is 1. The third-order valence-electron chi connectivity index (χ3n) is 4.71. The molecule has 148 valence electrons. The van der Waals surface area contributed by atoms with E-state index < -0.39 is 17.1 Å². The fraction of sp³-hybridized carbons (Fsp3) is 0.381. The third kappa shape index (κ3) is 4.36. The molecule has 1 unspecified atom stereocenters. The van der Waals surface area contributed by atoms with Crippen LogP contribution in [0.4, 0.5) is 10.1 Å². The lowest BCUT2D eigenvalue weighted by molar-refractivity contribution is -0.123. The zero-order chi connectivity index (χ0) is 20.3. The van der Waals surface area contributed by atoms with Crippen LogP contribution in [-0.2, 0) is 4.79 Å². The molecule has 0 spiro atoms. The molecular weight excluding hydrogens is 359 g/mol. The minimum Gasteiger partial charge on any atom is -0.329 e. The molecule has 1 fully saturated rings.